The second-order valence-corrected chi connectivity index (χ2v) is 9.13. The summed E-state index contributed by atoms with van der Waals surface area (Å²) < 4.78 is 27.6. The number of anilines is 1. The van der Waals surface area contributed by atoms with Crippen LogP contribution in [0.5, 0.6) is 0 Å². The van der Waals surface area contributed by atoms with Gasteiger partial charge in [-0.25, -0.2) is 8.42 Å². The molecule has 0 unspecified atom stereocenters. The molecule has 1 aliphatic rings. The van der Waals surface area contributed by atoms with Gasteiger partial charge in [-0.1, -0.05) is 31.2 Å². The van der Waals surface area contributed by atoms with E-state index in [0.717, 1.165) is 30.5 Å². The van der Waals surface area contributed by atoms with Gasteiger partial charge in [-0.15, -0.1) is 0 Å². The van der Waals surface area contributed by atoms with Gasteiger partial charge in [-0.05, 0) is 36.9 Å². The normalized spacial score (nSPS) is 15.9. The number of para-hydroxylation sites is 1. The minimum Gasteiger partial charge on any atom is -0.322 e. The number of pyridine rings is 1. The second kappa shape index (κ2) is 8.51. The fraction of sp³-hybridized carbons (Fsp3) is 0.273. The molecule has 1 aliphatic heterocycles. The Kier molecular flexibility index (Phi) is 5.80. The molecule has 0 spiro atoms. The zero-order valence-electron chi connectivity index (χ0n) is 16.8. The smallest absolute Gasteiger partial charge is 0.256 e. The number of piperazine rings is 1. The Morgan fingerprint density at radius 3 is 2.57 bits per heavy atom. The Bertz CT molecular complexity index is 1170. The van der Waals surface area contributed by atoms with Crippen LogP contribution in [-0.2, 0) is 10.0 Å². The predicted octanol–water partition coefficient (Wildman–Crippen LogP) is 2.81. The van der Waals surface area contributed by atoms with E-state index < -0.39 is 10.0 Å². The largest absolute Gasteiger partial charge is 0.322 e. The van der Waals surface area contributed by atoms with E-state index in [4.69, 9.17) is 0 Å². The number of aromatic nitrogens is 1. The van der Waals surface area contributed by atoms with E-state index in [0.29, 0.717) is 24.3 Å². The summed E-state index contributed by atoms with van der Waals surface area (Å²) in [4.78, 5) is 19.5. The first-order chi connectivity index (χ1) is 14.5. The Balaban J connectivity index is 1.55. The Morgan fingerprint density at radius 1 is 1.03 bits per heavy atom. The second-order valence-electron chi connectivity index (χ2n) is 7.20. The van der Waals surface area contributed by atoms with Gasteiger partial charge in [0.2, 0.25) is 10.0 Å². The van der Waals surface area contributed by atoms with Crippen LogP contribution in [-0.4, -0.2) is 61.2 Å². The first kappa shape index (κ1) is 20.5. The molecule has 0 radical (unpaired) electrons. The van der Waals surface area contributed by atoms with Gasteiger partial charge in [-0.3, -0.25) is 9.78 Å². The Hall–Kier alpha value is -2.81. The van der Waals surface area contributed by atoms with Crippen molar-refractivity contribution in [2.45, 2.75) is 11.8 Å². The zero-order chi connectivity index (χ0) is 21.1. The lowest BCUT2D eigenvalue weighted by molar-refractivity contribution is 0.102. The summed E-state index contributed by atoms with van der Waals surface area (Å²) >= 11 is 0. The molecule has 0 atom stereocenters. The van der Waals surface area contributed by atoms with Gasteiger partial charge >= 0.3 is 0 Å². The highest BCUT2D eigenvalue weighted by atomic mass is 32.2. The Labute approximate surface area is 176 Å². The molecule has 1 N–H and O–H groups in total. The van der Waals surface area contributed by atoms with Crippen LogP contribution in [0.3, 0.4) is 0 Å². The van der Waals surface area contributed by atoms with E-state index in [1.165, 1.54) is 10.4 Å². The van der Waals surface area contributed by atoms with E-state index in [2.05, 4.69) is 22.1 Å². The van der Waals surface area contributed by atoms with Crippen molar-refractivity contribution in [3.05, 3.63) is 66.4 Å². The number of carbonyl (C=O) groups is 1. The number of hydrogen-bond acceptors (Lipinski definition) is 5. The molecule has 7 nitrogen and oxygen atoms in total. The third-order valence-corrected chi connectivity index (χ3v) is 7.30. The number of rotatable bonds is 5. The fourth-order valence-electron chi connectivity index (χ4n) is 3.66. The van der Waals surface area contributed by atoms with E-state index in [1.54, 1.807) is 30.5 Å². The van der Waals surface area contributed by atoms with Crippen molar-refractivity contribution in [2.24, 2.45) is 0 Å². The highest BCUT2D eigenvalue weighted by Crippen LogP contribution is 2.22. The molecule has 30 heavy (non-hydrogen) atoms. The maximum atomic E-state index is 13.1. The molecule has 1 amide bonds. The van der Waals surface area contributed by atoms with Gasteiger partial charge in [0.1, 0.15) is 0 Å². The summed E-state index contributed by atoms with van der Waals surface area (Å²) in [5.74, 6) is -0.306. The van der Waals surface area contributed by atoms with Crippen molar-refractivity contribution in [1.29, 1.82) is 0 Å². The van der Waals surface area contributed by atoms with E-state index in [1.807, 2.05) is 24.3 Å². The monoisotopic (exact) mass is 424 g/mol. The summed E-state index contributed by atoms with van der Waals surface area (Å²) in [5.41, 5.74) is 1.66. The van der Waals surface area contributed by atoms with Crippen LogP contribution in [0, 0.1) is 0 Å². The van der Waals surface area contributed by atoms with Gasteiger partial charge < -0.3 is 10.2 Å². The van der Waals surface area contributed by atoms with Crippen LogP contribution >= 0.6 is 0 Å². The van der Waals surface area contributed by atoms with Gasteiger partial charge in [0.25, 0.3) is 5.91 Å². The molecule has 3 aromatic rings. The zero-order valence-corrected chi connectivity index (χ0v) is 17.6. The highest BCUT2D eigenvalue weighted by Gasteiger charge is 2.28. The minimum atomic E-state index is -3.61. The van der Waals surface area contributed by atoms with E-state index in [9.17, 15) is 13.2 Å². The van der Waals surface area contributed by atoms with Crippen LogP contribution in [0.25, 0.3) is 10.9 Å². The van der Waals surface area contributed by atoms with Gasteiger partial charge in [-0.2, -0.15) is 4.31 Å². The quantitative estimate of drug-likeness (QED) is 0.681. The van der Waals surface area contributed by atoms with Gasteiger partial charge in [0.15, 0.2) is 0 Å². The first-order valence-electron chi connectivity index (χ1n) is 9.96. The molecule has 1 aromatic heterocycles. The predicted molar refractivity (Wildman–Crippen MR) is 117 cm³/mol. The summed E-state index contributed by atoms with van der Waals surface area (Å²) in [5, 5.41) is 3.57. The molecule has 0 bridgehead atoms. The summed E-state index contributed by atoms with van der Waals surface area (Å²) in [6.45, 7) is 5.37. The lowest BCUT2D eigenvalue weighted by atomic mass is 10.1. The number of nitrogens with one attached hydrogen (secondary N) is 1. The molecule has 8 heteroatoms. The summed E-state index contributed by atoms with van der Waals surface area (Å²) in [7, 11) is -3.61. The number of nitrogens with zero attached hydrogens (tertiary/aromatic N) is 3. The highest BCUT2D eigenvalue weighted by molar-refractivity contribution is 7.89. The number of fused-ring (bicyclic) bond motifs is 1. The molecular weight excluding hydrogens is 400 g/mol. The Morgan fingerprint density at radius 2 is 1.80 bits per heavy atom. The molecule has 4 rings (SSSR count). The number of likely N-dealkylation sites (N-methyl/N-ethyl adjacent to an activating group) is 1. The molecule has 1 fully saturated rings. The molecule has 156 valence electrons. The number of benzene rings is 2. The number of hydrogen-bond donors (Lipinski definition) is 1. The van der Waals surface area contributed by atoms with Crippen LogP contribution in [0.1, 0.15) is 17.3 Å². The van der Waals surface area contributed by atoms with Crippen molar-refractivity contribution in [3.8, 4) is 0 Å². The maximum Gasteiger partial charge on any atom is 0.256 e. The number of carbonyl (C=O) groups excluding carboxylic acids is 1. The van der Waals surface area contributed by atoms with Crippen LogP contribution in [0.2, 0.25) is 0 Å². The maximum absolute atomic E-state index is 13.1. The van der Waals surface area contributed by atoms with E-state index >= 15 is 0 Å². The van der Waals surface area contributed by atoms with Crippen molar-refractivity contribution < 1.29 is 13.2 Å². The summed E-state index contributed by atoms with van der Waals surface area (Å²) in [6.07, 6.45) is 1.59. The SMILES string of the molecule is CCN1CCN(S(=O)(=O)c2cccc(NC(=O)c3ccnc4ccccc34)c2)CC1. The van der Waals surface area contributed by atoms with Crippen LogP contribution < -0.4 is 5.32 Å². The third-order valence-electron chi connectivity index (χ3n) is 5.40. The molecule has 2 heterocycles. The topological polar surface area (TPSA) is 82.6 Å². The third kappa shape index (κ3) is 4.07. The molecule has 1 saturated heterocycles. The number of amides is 1. The van der Waals surface area contributed by atoms with Crippen molar-refractivity contribution >= 4 is 32.5 Å². The lowest BCUT2D eigenvalue weighted by Gasteiger charge is -2.33. The average Bonchev–Trinajstić information content (AvgIpc) is 2.79. The van der Waals surface area contributed by atoms with Crippen molar-refractivity contribution in [1.82, 2.24) is 14.2 Å². The standard InChI is InChI=1S/C22H24N4O3S/c1-2-25-12-14-26(15-13-25)30(28,29)18-7-5-6-17(16-18)24-22(27)20-10-11-23-21-9-4-3-8-19(20)21/h3-11,16H,2,12-15H2,1H3,(H,24,27). The molecular formula is C22H24N4O3S. The van der Waals surface area contributed by atoms with Crippen molar-refractivity contribution in [3.63, 3.8) is 0 Å². The van der Waals surface area contributed by atoms with Gasteiger partial charge in [0.05, 0.1) is 16.0 Å². The lowest BCUT2D eigenvalue weighted by Crippen LogP contribution is -2.48. The molecule has 0 saturated carbocycles. The number of sulfonamides is 1. The average molecular weight is 425 g/mol. The van der Waals surface area contributed by atoms with Crippen molar-refractivity contribution in [2.75, 3.05) is 38.0 Å². The molecule has 2 aromatic carbocycles. The summed E-state index contributed by atoms with van der Waals surface area (Å²) in [6, 6.07) is 15.5. The minimum absolute atomic E-state index is 0.185. The molecule has 0 aliphatic carbocycles. The fourth-order valence-corrected chi connectivity index (χ4v) is 5.13. The first-order valence-corrected chi connectivity index (χ1v) is 11.4. The van der Waals surface area contributed by atoms with Crippen LogP contribution in [0.4, 0.5) is 5.69 Å². The van der Waals surface area contributed by atoms with Crippen LogP contribution in [0.15, 0.2) is 65.7 Å². The van der Waals surface area contributed by atoms with Gasteiger partial charge in [0, 0.05) is 43.4 Å². The van der Waals surface area contributed by atoms with E-state index in [-0.39, 0.29) is 10.8 Å².